The standard InChI is InChI=1S/C14H27N3/c1-12(2)7-5-6-8-15-14-16-9-10-17(14)11-13(3)4/h9-10,12-13H,5-8,11H2,1-4H3,(H,15,16). The van der Waals surface area contributed by atoms with E-state index in [-0.39, 0.29) is 0 Å². The zero-order valence-corrected chi connectivity index (χ0v) is 11.7. The number of anilines is 1. The molecule has 0 bridgehead atoms. The maximum Gasteiger partial charge on any atom is 0.202 e. The predicted octanol–water partition coefficient (Wildman–Crippen LogP) is 3.78. The first-order valence-electron chi connectivity index (χ1n) is 6.84. The van der Waals surface area contributed by atoms with Crippen LogP contribution in [0.1, 0.15) is 47.0 Å². The van der Waals surface area contributed by atoms with Crippen molar-refractivity contribution in [2.75, 3.05) is 11.9 Å². The highest BCUT2D eigenvalue weighted by molar-refractivity contribution is 5.25. The van der Waals surface area contributed by atoms with Crippen LogP contribution in [-0.2, 0) is 6.54 Å². The van der Waals surface area contributed by atoms with E-state index in [4.69, 9.17) is 0 Å². The van der Waals surface area contributed by atoms with E-state index in [1.807, 2.05) is 6.20 Å². The number of hydrogen-bond donors (Lipinski definition) is 1. The summed E-state index contributed by atoms with van der Waals surface area (Å²) in [5.41, 5.74) is 0. The summed E-state index contributed by atoms with van der Waals surface area (Å²) in [7, 11) is 0. The third kappa shape index (κ3) is 5.76. The van der Waals surface area contributed by atoms with Crippen LogP contribution in [0.3, 0.4) is 0 Å². The maximum atomic E-state index is 4.35. The Balaban J connectivity index is 2.24. The van der Waals surface area contributed by atoms with Crippen molar-refractivity contribution in [3.8, 4) is 0 Å². The van der Waals surface area contributed by atoms with Crippen molar-refractivity contribution in [2.24, 2.45) is 11.8 Å². The van der Waals surface area contributed by atoms with Gasteiger partial charge in [-0.2, -0.15) is 0 Å². The molecular weight excluding hydrogens is 210 g/mol. The second-order valence-corrected chi connectivity index (χ2v) is 5.61. The lowest BCUT2D eigenvalue weighted by Crippen LogP contribution is -2.11. The van der Waals surface area contributed by atoms with Gasteiger partial charge in [0.15, 0.2) is 0 Å². The Labute approximate surface area is 106 Å². The van der Waals surface area contributed by atoms with Crippen molar-refractivity contribution in [3.63, 3.8) is 0 Å². The zero-order valence-electron chi connectivity index (χ0n) is 11.7. The van der Waals surface area contributed by atoms with Gasteiger partial charge in [-0.25, -0.2) is 4.98 Å². The fourth-order valence-corrected chi connectivity index (χ4v) is 1.89. The van der Waals surface area contributed by atoms with Crippen LogP contribution >= 0.6 is 0 Å². The molecule has 1 heterocycles. The molecule has 0 aliphatic rings. The van der Waals surface area contributed by atoms with Crippen molar-refractivity contribution >= 4 is 5.95 Å². The van der Waals surface area contributed by atoms with Gasteiger partial charge in [-0.3, -0.25) is 0 Å². The third-order valence-corrected chi connectivity index (χ3v) is 2.77. The summed E-state index contributed by atoms with van der Waals surface area (Å²) in [6.45, 7) is 11.1. The average Bonchev–Trinajstić information content (AvgIpc) is 2.64. The summed E-state index contributed by atoms with van der Waals surface area (Å²) in [5.74, 6) is 2.49. The molecule has 0 radical (unpaired) electrons. The molecule has 1 aromatic heterocycles. The molecule has 0 aliphatic heterocycles. The van der Waals surface area contributed by atoms with Crippen LogP contribution in [0.5, 0.6) is 0 Å². The number of nitrogens with zero attached hydrogens (tertiary/aromatic N) is 2. The van der Waals surface area contributed by atoms with Crippen LogP contribution in [0.25, 0.3) is 0 Å². The molecule has 1 aromatic rings. The molecule has 1 rings (SSSR count). The first-order valence-corrected chi connectivity index (χ1v) is 6.84. The molecule has 3 heteroatoms. The van der Waals surface area contributed by atoms with E-state index in [0.29, 0.717) is 5.92 Å². The quantitative estimate of drug-likeness (QED) is 0.697. The monoisotopic (exact) mass is 237 g/mol. The minimum absolute atomic E-state index is 0.658. The molecule has 98 valence electrons. The van der Waals surface area contributed by atoms with Gasteiger partial charge in [0.2, 0.25) is 5.95 Å². The van der Waals surface area contributed by atoms with Gasteiger partial charge in [-0.1, -0.05) is 40.5 Å². The number of nitrogens with one attached hydrogen (secondary N) is 1. The molecule has 0 aromatic carbocycles. The number of unbranched alkanes of at least 4 members (excludes halogenated alkanes) is 1. The van der Waals surface area contributed by atoms with E-state index in [2.05, 4.69) is 48.8 Å². The highest BCUT2D eigenvalue weighted by atomic mass is 15.2. The van der Waals surface area contributed by atoms with Gasteiger partial charge in [-0.15, -0.1) is 0 Å². The zero-order chi connectivity index (χ0) is 12.7. The Hall–Kier alpha value is -0.990. The van der Waals surface area contributed by atoms with E-state index >= 15 is 0 Å². The van der Waals surface area contributed by atoms with Gasteiger partial charge in [0.1, 0.15) is 0 Å². The molecule has 0 atom stereocenters. The smallest absolute Gasteiger partial charge is 0.202 e. The van der Waals surface area contributed by atoms with Gasteiger partial charge in [0.25, 0.3) is 0 Å². The van der Waals surface area contributed by atoms with E-state index in [1.54, 1.807) is 0 Å². The van der Waals surface area contributed by atoms with Gasteiger partial charge in [0.05, 0.1) is 0 Å². The average molecular weight is 237 g/mol. The van der Waals surface area contributed by atoms with Crippen LogP contribution in [-0.4, -0.2) is 16.1 Å². The van der Waals surface area contributed by atoms with E-state index in [9.17, 15) is 0 Å². The predicted molar refractivity (Wildman–Crippen MR) is 74.2 cm³/mol. The molecule has 1 N–H and O–H groups in total. The summed E-state index contributed by atoms with van der Waals surface area (Å²) in [6, 6.07) is 0. The minimum atomic E-state index is 0.658. The SMILES string of the molecule is CC(C)CCCCNc1nccn1CC(C)C. The van der Waals surface area contributed by atoms with Crippen molar-refractivity contribution in [1.29, 1.82) is 0 Å². The lowest BCUT2D eigenvalue weighted by atomic mass is 10.1. The van der Waals surface area contributed by atoms with Gasteiger partial charge >= 0.3 is 0 Å². The normalized spacial score (nSPS) is 11.4. The Morgan fingerprint density at radius 3 is 2.59 bits per heavy atom. The van der Waals surface area contributed by atoms with E-state index in [1.165, 1.54) is 19.3 Å². The largest absolute Gasteiger partial charge is 0.356 e. The number of rotatable bonds is 8. The van der Waals surface area contributed by atoms with Gasteiger partial charge < -0.3 is 9.88 Å². The Kier molecular flexibility index (Phi) is 6.09. The van der Waals surface area contributed by atoms with Crippen LogP contribution in [0.2, 0.25) is 0 Å². The third-order valence-electron chi connectivity index (χ3n) is 2.77. The molecule has 17 heavy (non-hydrogen) atoms. The summed E-state index contributed by atoms with van der Waals surface area (Å²) >= 11 is 0. The van der Waals surface area contributed by atoms with E-state index in [0.717, 1.165) is 25.0 Å². The molecular formula is C14H27N3. The molecule has 3 nitrogen and oxygen atoms in total. The number of imidazole rings is 1. The van der Waals surface area contributed by atoms with Gasteiger partial charge in [0, 0.05) is 25.5 Å². The molecule has 0 saturated heterocycles. The van der Waals surface area contributed by atoms with Crippen LogP contribution in [0.4, 0.5) is 5.95 Å². The summed E-state index contributed by atoms with van der Waals surface area (Å²) in [5, 5.41) is 3.42. The van der Waals surface area contributed by atoms with Crippen molar-refractivity contribution in [2.45, 2.75) is 53.5 Å². The first-order chi connectivity index (χ1) is 8.09. The highest BCUT2D eigenvalue weighted by Crippen LogP contribution is 2.10. The lowest BCUT2D eigenvalue weighted by Gasteiger charge is -2.11. The molecule has 0 unspecified atom stereocenters. The van der Waals surface area contributed by atoms with Gasteiger partial charge in [-0.05, 0) is 18.3 Å². The number of hydrogen-bond acceptors (Lipinski definition) is 2. The minimum Gasteiger partial charge on any atom is -0.356 e. The van der Waals surface area contributed by atoms with Crippen LogP contribution in [0.15, 0.2) is 12.4 Å². The molecule has 0 fully saturated rings. The summed E-state index contributed by atoms with van der Waals surface area (Å²) in [6.07, 6.45) is 7.78. The number of aromatic nitrogens is 2. The van der Waals surface area contributed by atoms with Crippen molar-refractivity contribution in [3.05, 3.63) is 12.4 Å². The fourth-order valence-electron chi connectivity index (χ4n) is 1.89. The second kappa shape index (κ2) is 7.36. The molecule has 0 aliphatic carbocycles. The summed E-state index contributed by atoms with van der Waals surface area (Å²) in [4.78, 5) is 4.35. The van der Waals surface area contributed by atoms with E-state index < -0.39 is 0 Å². The summed E-state index contributed by atoms with van der Waals surface area (Å²) < 4.78 is 2.20. The Bertz CT molecular complexity index is 302. The molecule has 0 saturated carbocycles. The van der Waals surface area contributed by atoms with Crippen molar-refractivity contribution in [1.82, 2.24) is 9.55 Å². The molecule has 0 spiro atoms. The molecule has 0 amide bonds. The first kappa shape index (κ1) is 14.1. The Morgan fingerprint density at radius 2 is 1.94 bits per heavy atom. The topological polar surface area (TPSA) is 29.9 Å². The fraction of sp³-hybridized carbons (Fsp3) is 0.786. The second-order valence-electron chi connectivity index (χ2n) is 5.61. The lowest BCUT2D eigenvalue weighted by molar-refractivity contribution is 0.523. The maximum absolute atomic E-state index is 4.35. The Morgan fingerprint density at radius 1 is 1.18 bits per heavy atom. The van der Waals surface area contributed by atoms with Crippen LogP contribution < -0.4 is 5.32 Å². The highest BCUT2D eigenvalue weighted by Gasteiger charge is 2.03. The van der Waals surface area contributed by atoms with Crippen molar-refractivity contribution < 1.29 is 0 Å². The van der Waals surface area contributed by atoms with Crippen LogP contribution in [0, 0.1) is 11.8 Å².